The first-order valence-electron chi connectivity index (χ1n) is 5.66. The molecule has 0 aliphatic rings. The first-order chi connectivity index (χ1) is 8.69. The van der Waals surface area contributed by atoms with Crippen LogP contribution in [0.5, 0.6) is 0 Å². The van der Waals surface area contributed by atoms with E-state index >= 15 is 0 Å². The van der Waals surface area contributed by atoms with Crippen LogP contribution in [-0.2, 0) is 6.54 Å². The zero-order chi connectivity index (χ0) is 13.0. The number of hydrogen-bond donors (Lipinski definition) is 1. The van der Waals surface area contributed by atoms with E-state index in [0.29, 0.717) is 0 Å². The van der Waals surface area contributed by atoms with Gasteiger partial charge in [0.2, 0.25) is 0 Å². The van der Waals surface area contributed by atoms with Gasteiger partial charge in [0.15, 0.2) is 0 Å². The van der Waals surface area contributed by atoms with Crippen LogP contribution >= 0.6 is 22.9 Å². The zero-order valence-corrected chi connectivity index (χ0v) is 11.6. The summed E-state index contributed by atoms with van der Waals surface area (Å²) in [6.07, 6.45) is 0. The van der Waals surface area contributed by atoms with Crippen molar-refractivity contribution in [2.75, 3.05) is 0 Å². The number of nitrogens with one attached hydrogen (secondary N) is 1. The van der Waals surface area contributed by atoms with Crippen molar-refractivity contribution >= 4 is 22.9 Å². The second-order valence-electron chi connectivity index (χ2n) is 4.03. The molecule has 2 rings (SSSR count). The Morgan fingerprint density at radius 2 is 2.00 bits per heavy atom. The van der Waals surface area contributed by atoms with Gasteiger partial charge in [-0.15, -0.1) is 11.3 Å². The van der Waals surface area contributed by atoms with Crippen molar-refractivity contribution in [1.82, 2.24) is 5.32 Å². The third kappa shape index (κ3) is 3.33. The predicted octanol–water partition coefficient (Wildman–Crippen LogP) is 4.12. The van der Waals surface area contributed by atoms with E-state index in [1.54, 1.807) is 0 Å². The fourth-order valence-electron chi connectivity index (χ4n) is 1.66. The third-order valence-electron chi connectivity index (χ3n) is 2.72. The molecule has 92 valence electrons. The Bertz CT molecular complexity index is 554. The van der Waals surface area contributed by atoms with E-state index in [2.05, 4.69) is 18.3 Å². The van der Waals surface area contributed by atoms with E-state index in [9.17, 15) is 0 Å². The predicted molar refractivity (Wildman–Crippen MR) is 75.7 cm³/mol. The number of hydrogen-bond acceptors (Lipinski definition) is 3. The monoisotopic (exact) mass is 276 g/mol. The summed E-state index contributed by atoms with van der Waals surface area (Å²) >= 11 is 7.39. The van der Waals surface area contributed by atoms with Crippen LogP contribution in [0.25, 0.3) is 0 Å². The summed E-state index contributed by atoms with van der Waals surface area (Å²) in [7, 11) is 0. The number of nitrogens with zero attached hydrogens (tertiary/aromatic N) is 1. The van der Waals surface area contributed by atoms with Gasteiger partial charge in [-0.1, -0.05) is 23.7 Å². The largest absolute Gasteiger partial charge is 0.305 e. The second-order valence-corrected chi connectivity index (χ2v) is 5.64. The highest BCUT2D eigenvalue weighted by atomic mass is 35.5. The lowest BCUT2D eigenvalue weighted by molar-refractivity contribution is 0.579. The maximum atomic E-state index is 8.76. The first kappa shape index (κ1) is 13.1. The summed E-state index contributed by atoms with van der Waals surface area (Å²) in [4.78, 5) is 1.93. The summed E-state index contributed by atoms with van der Waals surface area (Å²) in [5.41, 5.74) is 1.21. The van der Waals surface area contributed by atoms with Gasteiger partial charge in [-0.05, 0) is 36.8 Å². The molecule has 2 aromatic rings. The Hall–Kier alpha value is -1.34. The van der Waals surface area contributed by atoms with Crippen molar-refractivity contribution in [2.24, 2.45) is 0 Å². The van der Waals surface area contributed by atoms with E-state index in [4.69, 9.17) is 16.9 Å². The molecule has 18 heavy (non-hydrogen) atoms. The van der Waals surface area contributed by atoms with Crippen LogP contribution in [-0.4, -0.2) is 0 Å². The smallest absolute Gasteiger partial charge is 0.110 e. The van der Waals surface area contributed by atoms with Gasteiger partial charge >= 0.3 is 0 Å². The van der Waals surface area contributed by atoms with Gasteiger partial charge < -0.3 is 5.32 Å². The molecule has 0 spiro atoms. The lowest BCUT2D eigenvalue weighted by Gasteiger charge is -2.13. The SMILES string of the molecule is C[C@@H](NCc1ccc(C#N)s1)c1ccc(Cl)cc1. The molecule has 1 aromatic heterocycles. The van der Waals surface area contributed by atoms with Gasteiger partial charge in [-0.3, -0.25) is 0 Å². The lowest BCUT2D eigenvalue weighted by atomic mass is 10.1. The van der Waals surface area contributed by atoms with Crippen LogP contribution < -0.4 is 5.32 Å². The summed E-state index contributed by atoms with van der Waals surface area (Å²) in [5.74, 6) is 0. The Kier molecular flexibility index (Phi) is 4.38. The van der Waals surface area contributed by atoms with E-state index in [1.165, 1.54) is 21.8 Å². The highest BCUT2D eigenvalue weighted by Crippen LogP contribution is 2.19. The average Bonchev–Trinajstić information content (AvgIpc) is 2.85. The molecule has 1 atom stereocenters. The molecule has 0 aliphatic carbocycles. The minimum Gasteiger partial charge on any atom is -0.305 e. The van der Waals surface area contributed by atoms with Gasteiger partial charge in [0.25, 0.3) is 0 Å². The molecule has 0 fully saturated rings. The fourth-order valence-corrected chi connectivity index (χ4v) is 2.54. The van der Waals surface area contributed by atoms with E-state index in [1.807, 2.05) is 36.4 Å². The first-order valence-corrected chi connectivity index (χ1v) is 6.86. The topological polar surface area (TPSA) is 35.8 Å². The molecule has 2 nitrogen and oxygen atoms in total. The third-order valence-corrected chi connectivity index (χ3v) is 3.97. The quantitative estimate of drug-likeness (QED) is 0.912. The normalized spacial score (nSPS) is 12.1. The van der Waals surface area contributed by atoms with E-state index < -0.39 is 0 Å². The van der Waals surface area contributed by atoms with E-state index in [-0.39, 0.29) is 6.04 Å². The van der Waals surface area contributed by atoms with Crippen LogP contribution in [0.1, 0.15) is 28.3 Å². The molecule has 0 unspecified atom stereocenters. The minimum atomic E-state index is 0.259. The minimum absolute atomic E-state index is 0.259. The number of halogens is 1. The van der Waals surface area contributed by atoms with Gasteiger partial charge in [0, 0.05) is 22.5 Å². The molecular formula is C14H13ClN2S. The van der Waals surface area contributed by atoms with Crippen molar-refractivity contribution in [1.29, 1.82) is 5.26 Å². The molecular weight excluding hydrogens is 264 g/mol. The molecule has 0 saturated heterocycles. The molecule has 4 heteroatoms. The molecule has 1 N–H and O–H groups in total. The van der Waals surface area contributed by atoms with Crippen molar-refractivity contribution in [3.63, 3.8) is 0 Å². The molecule has 0 amide bonds. The van der Waals surface area contributed by atoms with Crippen molar-refractivity contribution < 1.29 is 0 Å². The van der Waals surface area contributed by atoms with E-state index in [0.717, 1.165) is 16.4 Å². The molecule has 0 aliphatic heterocycles. The van der Waals surface area contributed by atoms with Gasteiger partial charge in [-0.25, -0.2) is 0 Å². The van der Waals surface area contributed by atoms with Crippen LogP contribution in [0, 0.1) is 11.3 Å². The fraction of sp³-hybridized carbons (Fsp3) is 0.214. The maximum absolute atomic E-state index is 8.76. The lowest BCUT2D eigenvalue weighted by Crippen LogP contribution is -2.17. The molecule has 0 bridgehead atoms. The number of thiophene rings is 1. The van der Waals surface area contributed by atoms with Crippen molar-refractivity contribution in [2.45, 2.75) is 19.5 Å². The van der Waals surface area contributed by atoms with Crippen molar-refractivity contribution in [3.8, 4) is 6.07 Å². The van der Waals surface area contributed by atoms with Crippen LogP contribution in [0.15, 0.2) is 36.4 Å². The Labute approximate surface area is 116 Å². The number of rotatable bonds is 4. The Balaban J connectivity index is 1.94. The summed E-state index contributed by atoms with van der Waals surface area (Å²) < 4.78 is 0. The highest BCUT2D eigenvalue weighted by Gasteiger charge is 2.06. The average molecular weight is 277 g/mol. The summed E-state index contributed by atoms with van der Waals surface area (Å²) in [6, 6.07) is 14.1. The van der Waals surface area contributed by atoms with Crippen LogP contribution in [0.3, 0.4) is 0 Å². The molecule has 0 radical (unpaired) electrons. The number of benzene rings is 1. The molecule has 1 aromatic carbocycles. The highest BCUT2D eigenvalue weighted by molar-refractivity contribution is 7.12. The summed E-state index contributed by atoms with van der Waals surface area (Å²) in [5, 5.41) is 12.9. The van der Waals surface area contributed by atoms with Crippen LogP contribution in [0.2, 0.25) is 5.02 Å². The summed E-state index contributed by atoms with van der Waals surface area (Å²) in [6.45, 7) is 2.89. The van der Waals surface area contributed by atoms with Gasteiger partial charge in [0.05, 0.1) is 0 Å². The van der Waals surface area contributed by atoms with Crippen molar-refractivity contribution in [3.05, 3.63) is 56.7 Å². The van der Waals surface area contributed by atoms with Gasteiger partial charge in [-0.2, -0.15) is 5.26 Å². The standard InChI is InChI=1S/C14H13ClN2S/c1-10(11-2-4-12(15)5-3-11)17-9-14-7-6-13(8-16)18-14/h2-7,10,17H,9H2,1H3/t10-/m1/s1. The Morgan fingerprint density at radius 3 is 2.61 bits per heavy atom. The molecule has 0 saturated carbocycles. The second kappa shape index (κ2) is 6.01. The zero-order valence-electron chi connectivity index (χ0n) is 9.98. The molecule has 1 heterocycles. The number of nitriles is 1. The Morgan fingerprint density at radius 1 is 1.28 bits per heavy atom. The van der Waals surface area contributed by atoms with Gasteiger partial charge in [0.1, 0.15) is 10.9 Å². The maximum Gasteiger partial charge on any atom is 0.110 e. The van der Waals surface area contributed by atoms with Crippen LogP contribution in [0.4, 0.5) is 0 Å².